The smallest absolute Gasteiger partial charge is 0.330 e. The van der Waals surface area contributed by atoms with Gasteiger partial charge in [-0.05, 0) is 73.1 Å². The van der Waals surface area contributed by atoms with E-state index in [1.807, 2.05) is 5.43 Å². The number of aromatic nitrogens is 6. The highest BCUT2D eigenvalue weighted by molar-refractivity contribution is 6.00. The van der Waals surface area contributed by atoms with E-state index in [0.29, 0.717) is 56.3 Å². The van der Waals surface area contributed by atoms with Crippen molar-refractivity contribution in [3.63, 3.8) is 0 Å². The fourth-order valence-corrected chi connectivity index (χ4v) is 11.6. The number of rotatable bonds is 31. The van der Waals surface area contributed by atoms with Crippen molar-refractivity contribution >= 4 is 92.9 Å². The van der Waals surface area contributed by atoms with Crippen LogP contribution in [0, 0.1) is 5.41 Å². The van der Waals surface area contributed by atoms with Crippen LogP contribution in [0.2, 0.25) is 0 Å². The Bertz CT molecular complexity index is 3970. The monoisotopic (exact) mass is 1340 g/mol. The summed E-state index contributed by atoms with van der Waals surface area (Å²) in [5.74, 6) is -8.61. The summed E-state index contributed by atoms with van der Waals surface area (Å²) < 4.78 is 0. The summed E-state index contributed by atoms with van der Waals surface area (Å²) in [6.07, 6.45) is 8.48. The molecule has 9 rings (SSSR count). The quantitative estimate of drug-likeness (QED) is 0.00888. The molecule has 0 aliphatic carbocycles. The number of fused-ring (bicyclic) bond motifs is 2. The van der Waals surface area contributed by atoms with Crippen LogP contribution >= 0.6 is 0 Å². The van der Waals surface area contributed by atoms with Crippen molar-refractivity contribution < 1.29 is 63.0 Å². The molecule has 0 bridgehead atoms. The lowest BCUT2D eigenvalue weighted by atomic mass is 10.0. The number of benzene rings is 3. The molecule has 97 heavy (non-hydrogen) atoms. The van der Waals surface area contributed by atoms with Crippen molar-refractivity contribution in [2.45, 2.75) is 125 Å². The number of carbonyl (C=O) groups is 11. The zero-order chi connectivity index (χ0) is 69.1. The molecule has 0 unspecified atom stereocenters. The van der Waals surface area contributed by atoms with Crippen LogP contribution in [0.1, 0.15) is 66.6 Å². The molecule has 34 nitrogen and oxygen atoms in total. The number of guanidine groups is 1. The highest BCUT2D eigenvalue weighted by Gasteiger charge is 2.40. The van der Waals surface area contributed by atoms with Gasteiger partial charge >= 0.3 is 6.03 Å². The number of imidazole rings is 2. The van der Waals surface area contributed by atoms with Crippen LogP contribution in [0.3, 0.4) is 0 Å². The number of aromatic amines is 4. The zero-order valence-corrected chi connectivity index (χ0v) is 52.4. The molecule has 4 aromatic heterocycles. The molecule has 0 spiro atoms. The van der Waals surface area contributed by atoms with E-state index in [-0.39, 0.29) is 89.0 Å². The van der Waals surface area contributed by atoms with Crippen LogP contribution in [-0.2, 0) is 80.0 Å². The van der Waals surface area contributed by atoms with Gasteiger partial charge in [-0.25, -0.2) is 20.2 Å². The number of H-pyrrole nitrogens is 4. The number of nitrogens with zero attached hydrogens (tertiary/aromatic N) is 3. The largest absolute Gasteiger partial charge is 0.508 e. The van der Waals surface area contributed by atoms with Crippen LogP contribution in [0.25, 0.3) is 21.8 Å². The lowest BCUT2D eigenvalue weighted by Gasteiger charge is -2.30. The maximum absolute atomic E-state index is 15.1. The van der Waals surface area contributed by atoms with Gasteiger partial charge in [-0.3, -0.25) is 58.8 Å². The van der Waals surface area contributed by atoms with Gasteiger partial charge in [0.2, 0.25) is 53.2 Å². The number of hydrogen-bond acceptors (Lipinski definition) is 16. The Hall–Kier alpha value is -11.8. The maximum Gasteiger partial charge on any atom is 0.330 e. The Morgan fingerprint density at radius 1 is 0.588 bits per heavy atom. The fourth-order valence-electron chi connectivity index (χ4n) is 11.6. The van der Waals surface area contributed by atoms with Crippen molar-refractivity contribution in [3.05, 3.63) is 138 Å². The molecule has 6 heterocycles. The van der Waals surface area contributed by atoms with Crippen LogP contribution in [0.15, 0.2) is 110 Å². The molecule has 9 atom stereocenters. The van der Waals surface area contributed by atoms with E-state index in [1.165, 1.54) is 54.2 Å². The Morgan fingerprint density at radius 3 is 1.61 bits per heavy atom. The van der Waals surface area contributed by atoms with E-state index in [0.717, 1.165) is 0 Å². The van der Waals surface area contributed by atoms with Gasteiger partial charge in [0, 0.05) is 110 Å². The molecule has 0 radical (unpaired) electrons. The summed E-state index contributed by atoms with van der Waals surface area (Å²) in [5, 5.41) is 54.1. The summed E-state index contributed by atoms with van der Waals surface area (Å²) in [6, 6.07) is 6.34. The molecular weight excluding hydrogens is 1260 g/mol. The summed E-state index contributed by atoms with van der Waals surface area (Å²) >= 11 is 0. The molecular formula is C63H77N21O13. The summed E-state index contributed by atoms with van der Waals surface area (Å²) in [6.45, 7) is -0.943. The number of hydrogen-bond donors (Lipinski definition) is 20. The number of amides is 12. The highest BCUT2D eigenvalue weighted by Crippen LogP contribution is 2.24. The van der Waals surface area contributed by atoms with E-state index in [1.54, 1.807) is 60.9 Å². The second kappa shape index (κ2) is 32.8. The molecule has 22 N–H and O–H groups in total. The van der Waals surface area contributed by atoms with Gasteiger partial charge in [0.1, 0.15) is 60.1 Å². The molecule has 0 saturated carbocycles. The third-order valence-corrected chi connectivity index (χ3v) is 16.6. The predicted molar refractivity (Wildman–Crippen MR) is 347 cm³/mol. The molecule has 2 saturated heterocycles. The summed E-state index contributed by atoms with van der Waals surface area (Å²) in [7, 11) is 0. The summed E-state index contributed by atoms with van der Waals surface area (Å²) in [4.78, 5) is 175. The van der Waals surface area contributed by atoms with Crippen LogP contribution in [0.4, 0.5) is 4.79 Å². The minimum absolute atomic E-state index is 0.0248. The number of aliphatic hydroxyl groups excluding tert-OH is 1. The average molecular weight is 1340 g/mol. The molecule has 7 aromatic rings. The van der Waals surface area contributed by atoms with Crippen molar-refractivity contribution in [1.82, 2.24) is 93.5 Å². The number of phenolic OH excluding ortho intramolecular Hbond substituents is 1. The van der Waals surface area contributed by atoms with Crippen molar-refractivity contribution in [2.24, 2.45) is 11.5 Å². The van der Waals surface area contributed by atoms with Crippen LogP contribution in [-0.4, -0.2) is 190 Å². The van der Waals surface area contributed by atoms with Gasteiger partial charge < -0.3 is 94.4 Å². The number of nitrogens with one attached hydrogen (secondary N) is 16. The normalized spacial score (nSPS) is 16.4. The zero-order valence-electron chi connectivity index (χ0n) is 52.4. The molecule has 512 valence electrons. The third-order valence-electron chi connectivity index (χ3n) is 16.6. The van der Waals surface area contributed by atoms with Crippen LogP contribution in [0.5, 0.6) is 5.75 Å². The summed E-state index contributed by atoms with van der Waals surface area (Å²) in [5.41, 5.74) is 18.7. The molecule has 2 fully saturated rings. The molecule has 34 heteroatoms. The number of hydrazine groups is 1. The van der Waals surface area contributed by atoms with E-state index >= 15 is 9.59 Å². The number of primary amides is 1. The lowest BCUT2D eigenvalue weighted by molar-refractivity contribution is -0.142. The van der Waals surface area contributed by atoms with Crippen molar-refractivity contribution in [1.29, 1.82) is 5.41 Å². The number of aromatic hydroxyl groups is 1. The molecule has 12 amide bonds. The number of likely N-dealkylation sites (tertiary alicyclic amines) is 1. The number of para-hydroxylation sites is 2. The number of carbonyl (C=O) groups excluding carboxylic acids is 11. The Morgan fingerprint density at radius 2 is 1.09 bits per heavy atom. The van der Waals surface area contributed by atoms with E-state index in [4.69, 9.17) is 16.9 Å². The van der Waals surface area contributed by atoms with E-state index in [2.05, 4.69) is 83.2 Å². The van der Waals surface area contributed by atoms with Gasteiger partial charge in [-0.2, -0.15) is 0 Å². The predicted octanol–water partition coefficient (Wildman–Crippen LogP) is -3.07. The minimum atomic E-state index is -1.81. The fraction of sp³-hybridized carbons (Fsp3) is 0.365. The topological polar surface area (TPSA) is 529 Å². The number of nitrogens with two attached hydrogens (primary N) is 2. The van der Waals surface area contributed by atoms with E-state index < -0.39 is 126 Å². The van der Waals surface area contributed by atoms with E-state index in [9.17, 15) is 53.4 Å². The maximum atomic E-state index is 15.1. The first-order valence-corrected chi connectivity index (χ1v) is 31.3. The lowest BCUT2D eigenvalue weighted by Crippen LogP contribution is -2.61. The molecule has 2 aliphatic heterocycles. The number of urea groups is 1. The Labute approximate surface area is 553 Å². The van der Waals surface area contributed by atoms with Crippen LogP contribution < -0.4 is 70.2 Å². The van der Waals surface area contributed by atoms with Crippen molar-refractivity contribution in [3.8, 4) is 5.75 Å². The van der Waals surface area contributed by atoms with Gasteiger partial charge in [-0.15, -0.1) is 0 Å². The van der Waals surface area contributed by atoms with Gasteiger partial charge in [0.15, 0.2) is 5.96 Å². The Balaban J connectivity index is 0.965. The molecule has 3 aromatic carbocycles. The highest BCUT2D eigenvalue weighted by atomic mass is 16.3. The molecule has 2 aliphatic rings. The van der Waals surface area contributed by atoms with Crippen molar-refractivity contribution in [2.75, 3.05) is 19.7 Å². The second-order valence-corrected chi connectivity index (χ2v) is 23.5. The Kier molecular flexibility index (Phi) is 23.5. The van der Waals surface area contributed by atoms with Gasteiger partial charge in [-0.1, -0.05) is 48.5 Å². The second-order valence-electron chi connectivity index (χ2n) is 23.5. The van der Waals surface area contributed by atoms with Gasteiger partial charge in [0.25, 0.3) is 5.91 Å². The first-order chi connectivity index (χ1) is 46.7. The SMILES string of the molecule is N=C(N)NCCC[C@@H](NC(=O)[C@H](Cc1cnc[nH]1)NC(=O)[C@H](CO)NC(=O)[C@H](Cc1c[nH]c2ccccc12)NC(=O)[C@H](Cc1cnc[nH]1)NC(=O)[C@@H]1CCC(=O)N1)C(=O)N[C@@H](Cc1c[nH]c2ccccc12)C(=O)N[C@@H](Cc1ccc(O)cc1)C(=O)N1CCC[C@H]1C(=O)NNC(N)=O. The first kappa shape index (κ1) is 69.5. The average Bonchev–Trinajstić information content (AvgIpc) is 1.81. The minimum Gasteiger partial charge on any atom is -0.508 e. The first-order valence-electron chi connectivity index (χ1n) is 31.3. The standard InChI is InChI=1S/C63H77N21O13/c64-62(65)69-19-5-11-43(53(88)76-45(22-34-26-70-41-9-3-1-7-39(34)41)55(90)80-49(21-33-13-15-38(86)16-14-33)61(96)84-20-6-12-51(84)60(95)82-83-63(66)97)75-57(92)47(24-36-28-67-31-72-36)79-59(94)50(30-85)81-56(91)46(23-35-27-71-42-10-4-2-8-40(35)42)77-58(93)48(25-37-29-68-32-73-37)78-54(89)44-17-18-52(87)74-44/h1-4,7-10,13-16,26-29,31-32,43-51,70-71,85-86H,5-6,11-12,17-25,30H2,(H,67,72)(H,68,73)(H,74,87)(H,75,92)(H,76,88)(H,77,93)(H,78,89)(H,79,94)(H,80,90)(H,81,91)(H,82,95)(H4,64,65,69)(H3,66,83,97)/t43-,44+,45+,46+,47+,48+,49+,50+,51+/m1/s1. The van der Waals surface area contributed by atoms with Gasteiger partial charge in [0.05, 0.1) is 19.3 Å². The number of phenols is 1. The number of aliphatic hydroxyl groups is 1. The third kappa shape index (κ3) is 18.9.